The van der Waals surface area contributed by atoms with Crippen LogP contribution in [0.15, 0.2) is 18.2 Å². The van der Waals surface area contributed by atoms with Crippen molar-refractivity contribution < 1.29 is 19.1 Å². The molecule has 1 saturated heterocycles. The van der Waals surface area contributed by atoms with Gasteiger partial charge in [-0.15, -0.1) is 0 Å². The summed E-state index contributed by atoms with van der Waals surface area (Å²) in [6.07, 6.45) is 1.63. The fourth-order valence-corrected chi connectivity index (χ4v) is 2.86. The van der Waals surface area contributed by atoms with E-state index in [9.17, 15) is 19.1 Å². The van der Waals surface area contributed by atoms with E-state index in [2.05, 4.69) is 5.32 Å². The standard InChI is InChI=1S/C18H25FN2O3/c1-18(2,3)15(8-10-22)20-17(24)13-11-12(6-7-14(13)19)21-9-4-5-16(21)23/h6-7,11,15,22H,4-5,8-10H2,1-3H3,(H,20,24). The molecule has 1 heterocycles. The second-order valence-electron chi connectivity index (χ2n) is 7.22. The van der Waals surface area contributed by atoms with Crippen molar-refractivity contribution in [2.75, 3.05) is 18.1 Å². The molecular weight excluding hydrogens is 311 g/mol. The number of anilines is 1. The average Bonchev–Trinajstić information content (AvgIpc) is 2.92. The van der Waals surface area contributed by atoms with E-state index in [0.717, 1.165) is 6.42 Å². The van der Waals surface area contributed by atoms with E-state index in [1.165, 1.54) is 18.2 Å². The molecule has 132 valence electrons. The fraction of sp³-hybridized carbons (Fsp3) is 0.556. The van der Waals surface area contributed by atoms with Gasteiger partial charge in [0.1, 0.15) is 5.82 Å². The van der Waals surface area contributed by atoms with Gasteiger partial charge in [-0.05, 0) is 36.5 Å². The quantitative estimate of drug-likeness (QED) is 0.868. The number of hydrogen-bond donors (Lipinski definition) is 2. The number of halogens is 1. The lowest BCUT2D eigenvalue weighted by atomic mass is 9.84. The van der Waals surface area contributed by atoms with Crippen LogP contribution in [0, 0.1) is 11.2 Å². The van der Waals surface area contributed by atoms with Crippen LogP contribution in [0.25, 0.3) is 0 Å². The van der Waals surface area contributed by atoms with E-state index in [1.807, 2.05) is 20.8 Å². The molecule has 0 radical (unpaired) electrons. The van der Waals surface area contributed by atoms with Gasteiger partial charge in [0.15, 0.2) is 0 Å². The maximum absolute atomic E-state index is 14.1. The van der Waals surface area contributed by atoms with Crippen LogP contribution in [0.4, 0.5) is 10.1 Å². The number of aliphatic hydroxyl groups is 1. The molecule has 0 aromatic heterocycles. The van der Waals surface area contributed by atoms with Crippen molar-refractivity contribution in [3.63, 3.8) is 0 Å². The third-order valence-electron chi connectivity index (χ3n) is 4.35. The molecule has 1 aliphatic heterocycles. The largest absolute Gasteiger partial charge is 0.396 e. The highest BCUT2D eigenvalue weighted by molar-refractivity contribution is 5.99. The Labute approximate surface area is 141 Å². The Morgan fingerprint density at radius 3 is 2.67 bits per heavy atom. The van der Waals surface area contributed by atoms with E-state index >= 15 is 0 Å². The summed E-state index contributed by atoms with van der Waals surface area (Å²) in [5.74, 6) is -1.17. The Hall–Kier alpha value is -1.95. The van der Waals surface area contributed by atoms with Crippen LogP contribution < -0.4 is 10.2 Å². The molecule has 0 bridgehead atoms. The molecule has 24 heavy (non-hydrogen) atoms. The molecule has 2 rings (SSSR count). The van der Waals surface area contributed by atoms with Gasteiger partial charge in [-0.25, -0.2) is 4.39 Å². The Balaban J connectivity index is 2.23. The zero-order valence-corrected chi connectivity index (χ0v) is 14.4. The first-order chi connectivity index (χ1) is 11.2. The number of benzene rings is 1. The summed E-state index contributed by atoms with van der Waals surface area (Å²) >= 11 is 0. The average molecular weight is 336 g/mol. The van der Waals surface area contributed by atoms with Crippen LogP contribution in [0.3, 0.4) is 0 Å². The van der Waals surface area contributed by atoms with Crippen LogP contribution in [-0.4, -0.2) is 36.1 Å². The lowest BCUT2D eigenvalue weighted by molar-refractivity contribution is -0.117. The summed E-state index contributed by atoms with van der Waals surface area (Å²) in [5, 5.41) is 12.0. The van der Waals surface area contributed by atoms with Crippen molar-refractivity contribution in [1.29, 1.82) is 0 Å². The number of hydrogen-bond acceptors (Lipinski definition) is 3. The summed E-state index contributed by atoms with van der Waals surface area (Å²) < 4.78 is 14.1. The van der Waals surface area contributed by atoms with Gasteiger partial charge in [0, 0.05) is 31.3 Å². The summed E-state index contributed by atoms with van der Waals surface area (Å²) in [6.45, 7) is 6.36. The van der Waals surface area contributed by atoms with Crippen molar-refractivity contribution in [3.05, 3.63) is 29.6 Å². The second kappa shape index (κ2) is 7.30. The van der Waals surface area contributed by atoms with Crippen molar-refractivity contribution in [1.82, 2.24) is 5.32 Å². The third kappa shape index (κ3) is 4.12. The summed E-state index contributed by atoms with van der Waals surface area (Å²) in [7, 11) is 0. The predicted molar refractivity (Wildman–Crippen MR) is 90.4 cm³/mol. The topological polar surface area (TPSA) is 69.6 Å². The number of rotatable bonds is 5. The van der Waals surface area contributed by atoms with E-state index < -0.39 is 11.7 Å². The maximum atomic E-state index is 14.1. The SMILES string of the molecule is CC(C)(C)C(CCO)NC(=O)c1cc(N2CCCC2=O)ccc1F. The van der Waals surface area contributed by atoms with Crippen LogP contribution >= 0.6 is 0 Å². The molecule has 0 aliphatic carbocycles. The van der Waals surface area contributed by atoms with E-state index in [1.54, 1.807) is 4.90 Å². The Kier molecular flexibility index (Phi) is 5.59. The maximum Gasteiger partial charge on any atom is 0.254 e. The van der Waals surface area contributed by atoms with Gasteiger partial charge in [-0.2, -0.15) is 0 Å². The molecule has 0 saturated carbocycles. The van der Waals surface area contributed by atoms with Gasteiger partial charge in [0.25, 0.3) is 5.91 Å². The normalized spacial score (nSPS) is 16.4. The second-order valence-corrected chi connectivity index (χ2v) is 7.22. The zero-order chi connectivity index (χ0) is 17.9. The van der Waals surface area contributed by atoms with Gasteiger partial charge in [-0.3, -0.25) is 9.59 Å². The van der Waals surface area contributed by atoms with Crippen molar-refractivity contribution >= 4 is 17.5 Å². The van der Waals surface area contributed by atoms with Crippen molar-refractivity contribution in [3.8, 4) is 0 Å². The van der Waals surface area contributed by atoms with Crippen LogP contribution in [-0.2, 0) is 4.79 Å². The van der Waals surface area contributed by atoms with E-state index in [0.29, 0.717) is 25.1 Å². The Morgan fingerprint density at radius 1 is 1.42 bits per heavy atom. The Bertz CT molecular complexity index is 625. The number of carbonyl (C=O) groups is 2. The molecular formula is C18H25FN2O3. The highest BCUT2D eigenvalue weighted by Gasteiger charge is 2.28. The number of aliphatic hydroxyl groups excluding tert-OH is 1. The highest BCUT2D eigenvalue weighted by atomic mass is 19.1. The van der Waals surface area contributed by atoms with Crippen molar-refractivity contribution in [2.45, 2.75) is 46.1 Å². The molecule has 1 aromatic carbocycles. The van der Waals surface area contributed by atoms with Crippen molar-refractivity contribution in [2.24, 2.45) is 5.41 Å². The molecule has 5 nitrogen and oxygen atoms in total. The highest BCUT2D eigenvalue weighted by Crippen LogP contribution is 2.25. The molecule has 1 unspecified atom stereocenters. The lowest BCUT2D eigenvalue weighted by Crippen LogP contribution is -2.44. The molecule has 1 fully saturated rings. The summed E-state index contributed by atoms with van der Waals surface area (Å²) in [4.78, 5) is 25.9. The molecule has 2 N–H and O–H groups in total. The third-order valence-corrected chi connectivity index (χ3v) is 4.35. The number of carbonyl (C=O) groups excluding carboxylic acids is 2. The van der Waals surface area contributed by atoms with Crippen LogP contribution in [0.5, 0.6) is 0 Å². The molecule has 1 atom stereocenters. The fourth-order valence-electron chi connectivity index (χ4n) is 2.86. The molecule has 0 spiro atoms. The predicted octanol–water partition coefficient (Wildman–Crippen LogP) is 2.48. The first-order valence-corrected chi connectivity index (χ1v) is 8.25. The van der Waals surface area contributed by atoms with Gasteiger partial charge in [0.2, 0.25) is 5.91 Å². The van der Waals surface area contributed by atoms with E-state index in [4.69, 9.17) is 0 Å². The Morgan fingerprint density at radius 2 is 2.12 bits per heavy atom. The molecule has 2 amide bonds. The van der Waals surface area contributed by atoms with Gasteiger partial charge < -0.3 is 15.3 Å². The molecule has 1 aromatic rings. The zero-order valence-electron chi connectivity index (χ0n) is 14.4. The summed E-state index contributed by atoms with van der Waals surface area (Å²) in [6, 6.07) is 3.87. The van der Waals surface area contributed by atoms with Crippen LogP contribution in [0.1, 0.15) is 50.4 Å². The van der Waals surface area contributed by atoms with Gasteiger partial charge in [-0.1, -0.05) is 20.8 Å². The number of nitrogens with zero attached hydrogens (tertiary/aromatic N) is 1. The minimum absolute atomic E-state index is 0.0131. The minimum Gasteiger partial charge on any atom is -0.396 e. The van der Waals surface area contributed by atoms with Crippen LogP contribution in [0.2, 0.25) is 0 Å². The number of amides is 2. The van der Waals surface area contributed by atoms with E-state index in [-0.39, 0.29) is 29.5 Å². The smallest absolute Gasteiger partial charge is 0.254 e. The summed E-state index contributed by atoms with van der Waals surface area (Å²) in [5.41, 5.74) is 0.190. The van der Waals surface area contributed by atoms with Gasteiger partial charge >= 0.3 is 0 Å². The first-order valence-electron chi connectivity index (χ1n) is 8.25. The lowest BCUT2D eigenvalue weighted by Gasteiger charge is -2.31. The molecule has 1 aliphatic rings. The number of nitrogens with one attached hydrogen (secondary N) is 1. The van der Waals surface area contributed by atoms with Gasteiger partial charge in [0.05, 0.1) is 5.56 Å². The minimum atomic E-state index is -0.625. The monoisotopic (exact) mass is 336 g/mol. The molecule has 6 heteroatoms. The first kappa shape index (κ1) is 18.4.